The van der Waals surface area contributed by atoms with Gasteiger partial charge in [0.2, 0.25) is 0 Å². The molecule has 1 aliphatic carbocycles. The largest absolute Gasteiger partial charge is 0.508 e. The number of rotatable bonds is 4. The summed E-state index contributed by atoms with van der Waals surface area (Å²) >= 11 is 0. The first-order valence-corrected chi connectivity index (χ1v) is 13.5. The van der Waals surface area contributed by atoms with Crippen molar-refractivity contribution < 1.29 is 43.5 Å². The van der Waals surface area contributed by atoms with Gasteiger partial charge < -0.3 is 45.9 Å². The number of anilines is 1. The van der Waals surface area contributed by atoms with E-state index in [1.807, 2.05) is 0 Å². The van der Waals surface area contributed by atoms with Crippen molar-refractivity contribution in [3.8, 4) is 5.75 Å². The molecule has 1 unspecified atom stereocenters. The van der Waals surface area contributed by atoms with Crippen molar-refractivity contribution in [2.45, 2.75) is 77.0 Å². The lowest BCUT2D eigenvalue weighted by Crippen LogP contribution is -2.52. The van der Waals surface area contributed by atoms with Crippen LogP contribution in [0.25, 0.3) is 0 Å². The monoisotopic (exact) mass is 575 g/mol. The van der Waals surface area contributed by atoms with E-state index >= 15 is 0 Å². The molecule has 0 bridgehead atoms. The smallest absolute Gasteiger partial charge is 0.405 e. The van der Waals surface area contributed by atoms with Gasteiger partial charge in [0.15, 0.2) is 6.10 Å². The first kappa shape index (κ1) is 31.9. The fraction of sp³-hybridized carbons (Fsp3) is 0.552. The van der Waals surface area contributed by atoms with Crippen LogP contribution in [0.2, 0.25) is 0 Å². The average molecular weight is 576 g/mol. The van der Waals surface area contributed by atoms with Gasteiger partial charge in [-0.15, -0.1) is 0 Å². The molecule has 0 saturated carbocycles. The van der Waals surface area contributed by atoms with Crippen LogP contribution in [0.5, 0.6) is 5.75 Å². The number of phenolic OH excluding ortho intramolecular Hbond substituents is 1. The zero-order valence-corrected chi connectivity index (χ0v) is 24.3. The SMILES string of the molecule is CO[C@H]1CC/C=C(\C)C(=O)Nc2cc(O)cc3c2[C@](OC)(C[C@H](C)[C@H]3O)C(OC(N)=O)[C@@H](C)/C=C(\C)[C@@H]1OC(N)=O. The second-order valence-electron chi connectivity index (χ2n) is 10.9. The Bertz CT molecular complexity index is 1230. The number of aromatic hydroxyl groups is 1. The number of amides is 3. The van der Waals surface area contributed by atoms with E-state index in [1.54, 1.807) is 39.8 Å². The fourth-order valence-corrected chi connectivity index (χ4v) is 6.12. The molecule has 2 aliphatic rings. The number of hydrogen-bond acceptors (Lipinski definition) is 9. The fourth-order valence-electron chi connectivity index (χ4n) is 6.12. The topological polar surface area (TPSA) is 193 Å². The number of allylic oxidation sites excluding steroid dienone is 1. The number of carbonyl (C=O) groups excluding carboxylic acids is 3. The zero-order chi connectivity index (χ0) is 30.6. The van der Waals surface area contributed by atoms with Gasteiger partial charge in [-0.05, 0) is 56.2 Å². The molecule has 0 aromatic heterocycles. The molecule has 7 atom stereocenters. The molecule has 226 valence electrons. The molecular formula is C29H41N3O9. The maximum atomic E-state index is 13.3. The van der Waals surface area contributed by atoms with Crippen LogP contribution < -0.4 is 16.8 Å². The Morgan fingerprint density at radius 1 is 1.10 bits per heavy atom. The van der Waals surface area contributed by atoms with Crippen molar-refractivity contribution in [3.05, 3.63) is 46.6 Å². The van der Waals surface area contributed by atoms with Crippen molar-refractivity contribution in [3.63, 3.8) is 0 Å². The summed E-state index contributed by atoms with van der Waals surface area (Å²) < 4.78 is 23.1. The lowest BCUT2D eigenvalue weighted by molar-refractivity contribution is -0.149. The molecule has 1 aliphatic heterocycles. The Morgan fingerprint density at radius 2 is 1.76 bits per heavy atom. The minimum absolute atomic E-state index is 0.164. The summed E-state index contributed by atoms with van der Waals surface area (Å²) in [5.41, 5.74) is 11.3. The standard InChI is InChI=1S/C29H41N3O9/c1-14-8-7-9-21(38-5)24(40-27(30)36)15(2)10-16(3)25(41-28(31)37)29(39-6)13-17(4)23(34)19-11-18(33)12-20(22(19)29)32-26(14)35/h8,10-12,16-17,21,23-25,33-34H,7,9,13H2,1-6H3,(H2,30,36)(H2,31,37)(H,32,35)/b14-8+,15-10+/t16-,17-,21-,23+,24-,25?,29+/m0/s1. The van der Waals surface area contributed by atoms with E-state index in [-0.39, 0.29) is 17.9 Å². The van der Waals surface area contributed by atoms with Gasteiger partial charge >= 0.3 is 12.2 Å². The Labute approximate surface area is 239 Å². The van der Waals surface area contributed by atoms with Crippen molar-refractivity contribution in [2.75, 3.05) is 19.5 Å². The molecular weight excluding hydrogens is 534 g/mol. The van der Waals surface area contributed by atoms with Gasteiger partial charge in [-0.1, -0.05) is 26.0 Å². The highest BCUT2D eigenvalue weighted by molar-refractivity contribution is 6.04. The molecule has 7 N–H and O–H groups in total. The Hall–Kier alpha value is -3.61. The minimum Gasteiger partial charge on any atom is -0.508 e. The van der Waals surface area contributed by atoms with Crippen LogP contribution >= 0.6 is 0 Å². The van der Waals surface area contributed by atoms with Crippen molar-refractivity contribution >= 4 is 23.8 Å². The second kappa shape index (κ2) is 12.9. The summed E-state index contributed by atoms with van der Waals surface area (Å²) in [4.78, 5) is 37.5. The Morgan fingerprint density at radius 3 is 2.34 bits per heavy atom. The van der Waals surface area contributed by atoms with Gasteiger partial charge in [0.25, 0.3) is 5.91 Å². The predicted molar refractivity (Wildman–Crippen MR) is 150 cm³/mol. The van der Waals surface area contributed by atoms with Gasteiger partial charge in [-0.3, -0.25) is 4.79 Å². The van der Waals surface area contributed by atoms with Crippen LogP contribution in [0.1, 0.15) is 64.2 Å². The number of hydrogen-bond donors (Lipinski definition) is 5. The molecule has 12 heteroatoms. The van der Waals surface area contributed by atoms with Gasteiger partial charge in [-0.2, -0.15) is 0 Å². The van der Waals surface area contributed by atoms with Crippen LogP contribution in [0, 0.1) is 11.8 Å². The molecule has 41 heavy (non-hydrogen) atoms. The predicted octanol–water partition coefficient (Wildman–Crippen LogP) is 3.51. The van der Waals surface area contributed by atoms with E-state index in [0.717, 1.165) is 0 Å². The number of ether oxygens (including phenoxy) is 4. The highest BCUT2D eigenvalue weighted by Gasteiger charge is 2.53. The molecule has 0 spiro atoms. The first-order chi connectivity index (χ1) is 19.2. The second-order valence-corrected chi connectivity index (χ2v) is 10.9. The van der Waals surface area contributed by atoms with E-state index in [9.17, 15) is 24.6 Å². The maximum Gasteiger partial charge on any atom is 0.405 e. The third-order valence-electron chi connectivity index (χ3n) is 7.97. The number of methoxy groups -OCH3 is 2. The summed E-state index contributed by atoms with van der Waals surface area (Å²) in [5, 5.41) is 24.6. The molecule has 3 rings (SSSR count). The summed E-state index contributed by atoms with van der Waals surface area (Å²) in [5.74, 6) is -1.67. The average Bonchev–Trinajstić information content (AvgIpc) is 2.89. The number of nitrogens with two attached hydrogens (primary N) is 2. The van der Waals surface area contributed by atoms with Crippen molar-refractivity contribution in [1.29, 1.82) is 0 Å². The minimum atomic E-state index is -1.44. The Kier molecular flexibility index (Phi) is 10.1. The van der Waals surface area contributed by atoms with E-state index in [2.05, 4.69) is 5.32 Å². The number of primary amides is 2. The van der Waals surface area contributed by atoms with Gasteiger partial charge in [-0.25, -0.2) is 9.59 Å². The molecule has 1 heterocycles. The highest BCUT2D eigenvalue weighted by Crippen LogP contribution is 2.53. The molecule has 0 radical (unpaired) electrons. The van der Waals surface area contributed by atoms with Gasteiger partial charge in [0.05, 0.1) is 17.9 Å². The zero-order valence-electron chi connectivity index (χ0n) is 24.3. The van der Waals surface area contributed by atoms with E-state index in [0.29, 0.717) is 35.1 Å². The number of benzene rings is 1. The third-order valence-corrected chi connectivity index (χ3v) is 7.97. The number of nitrogens with one attached hydrogen (secondary N) is 1. The van der Waals surface area contributed by atoms with Crippen LogP contribution in [-0.4, -0.2) is 60.8 Å². The summed E-state index contributed by atoms with van der Waals surface area (Å²) in [6, 6.07) is 2.77. The normalized spacial score (nSPS) is 33.4. The third kappa shape index (κ3) is 6.66. The molecule has 0 fully saturated rings. The van der Waals surface area contributed by atoms with Crippen LogP contribution in [-0.2, 0) is 29.3 Å². The van der Waals surface area contributed by atoms with E-state index < -0.39 is 59.9 Å². The van der Waals surface area contributed by atoms with Gasteiger partial charge in [0.1, 0.15) is 17.5 Å². The molecule has 1 aromatic carbocycles. The first-order valence-electron chi connectivity index (χ1n) is 13.5. The number of aliphatic hydroxyl groups excluding tert-OH is 1. The van der Waals surface area contributed by atoms with Crippen molar-refractivity contribution in [2.24, 2.45) is 23.3 Å². The molecule has 0 saturated heterocycles. The quantitative estimate of drug-likeness (QED) is 0.334. The maximum absolute atomic E-state index is 13.3. The Balaban J connectivity index is 2.37. The number of carbonyl (C=O) groups is 3. The summed E-state index contributed by atoms with van der Waals surface area (Å²) in [6.45, 7) is 6.95. The lowest BCUT2D eigenvalue weighted by Gasteiger charge is -2.48. The highest BCUT2D eigenvalue weighted by atomic mass is 16.6. The molecule has 1 aromatic rings. The van der Waals surface area contributed by atoms with Crippen LogP contribution in [0.15, 0.2) is 35.4 Å². The molecule has 12 nitrogen and oxygen atoms in total. The van der Waals surface area contributed by atoms with Crippen LogP contribution in [0.3, 0.4) is 0 Å². The number of aliphatic hydroxyl groups is 1. The van der Waals surface area contributed by atoms with E-state index in [4.69, 9.17) is 30.4 Å². The van der Waals surface area contributed by atoms with Gasteiger partial charge in [0, 0.05) is 37.3 Å². The van der Waals surface area contributed by atoms with Crippen LogP contribution in [0.4, 0.5) is 15.3 Å². The van der Waals surface area contributed by atoms with Crippen molar-refractivity contribution in [1.82, 2.24) is 0 Å². The number of phenols is 1. The summed E-state index contributed by atoms with van der Waals surface area (Å²) in [7, 11) is 2.92. The summed E-state index contributed by atoms with van der Waals surface area (Å²) in [6.07, 6.45) is -1.22. The van der Waals surface area contributed by atoms with E-state index in [1.165, 1.54) is 26.4 Å². The lowest BCUT2D eigenvalue weighted by atomic mass is 9.67. The molecule has 3 amide bonds.